The monoisotopic (exact) mass is 357 g/mol. The summed E-state index contributed by atoms with van der Waals surface area (Å²) >= 11 is 1.38. The Hall–Kier alpha value is -2.27. The van der Waals surface area contributed by atoms with Gasteiger partial charge in [0.1, 0.15) is 5.82 Å². The molecule has 1 aromatic heterocycles. The van der Waals surface area contributed by atoms with Crippen LogP contribution in [0.25, 0.3) is 17.0 Å². The minimum atomic E-state index is -0.913. The summed E-state index contributed by atoms with van der Waals surface area (Å²) in [5.41, 5.74) is 2.14. The topological polar surface area (TPSA) is 12.9 Å². The molecule has 3 aromatic rings. The first kappa shape index (κ1) is 16.2. The van der Waals surface area contributed by atoms with E-state index < -0.39 is 11.6 Å². The van der Waals surface area contributed by atoms with Crippen molar-refractivity contribution in [3.8, 4) is 0 Å². The molecular formula is C20H14F3NS. The highest BCUT2D eigenvalue weighted by Crippen LogP contribution is 2.46. The highest BCUT2D eigenvalue weighted by molar-refractivity contribution is 7.99. The Balaban J connectivity index is 1.96. The molecule has 1 nitrogen and oxygen atoms in total. The fourth-order valence-corrected chi connectivity index (χ4v) is 3.94. The van der Waals surface area contributed by atoms with Gasteiger partial charge in [-0.05, 0) is 43.2 Å². The van der Waals surface area contributed by atoms with Crippen LogP contribution in [-0.2, 0) is 0 Å². The molecule has 0 N–H and O–H groups in total. The summed E-state index contributed by atoms with van der Waals surface area (Å²) in [7, 11) is 0. The second-order valence-corrected chi connectivity index (χ2v) is 7.14. The molecule has 1 aliphatic rings. The van der Waals surface area contributed by atoms with Gasteiger partial charge in [-0.15, -0.1) is 0 Å². The van der Waals surface area contributed by atoms with Crippen molar-refractivity contribution in [1.82, 2.24) is 4.98 Å². The summed E-state index contributed by atoms with van der Waals surface area (Å²) in [5.74, 6) is -1.81. The van der Waals surface area contributed by atoms with Crippen LogP contribution in [-0.4, -0.2) is 4.98 Å². The van der Waals surface area contributed by atoms with Crippen LogP contribution >= 0.6 is 11.8 Å². The molecule has 1 saturated carbocycles. The van der Waals surface area contributed by atoms with Gasteiger partial charge in [-0.1, -0.05) is 24.4 Å². The average molecular weight is 357 g/mol. The Morgan fingerprint density at radius 1 is 1.04 bits per heavy atom. The van der Waals surface area contributed by atoms with Crippen molar-refractivity contribution >= 4 is 28.7 Å². The lowest BCUT2D eigenvalue weighted by atomic mass is 10.1. The van der Waals surface area contributed by atoms with Crippen molar-refractivity contribution < 1.29 is 13.2 Å². The summed E-state index contributed by atoms with van der Waals surface area (Å²) in [6.07, 6.45) is 3.78. The second-order valence-electron chi connectivity index (χ2n) is 6.06. The molecule has 0 aliphatic heterocycles. The van der Waals surface area contributed by atoms with Crippen molar-refractivity contribution in [1.29, 1.82) is 0 Å². The molecule has 5 heteroatoms. The van der Waals surface area contributed by atoms with E-state index in [1.165, 1.54) is 30.0 Å². The molecule has 0 unspecified atom stereocenters. The zero-order valence-electron chi connectivity index (χ0n) is 13.2. The number of aromatic nitrogens is 1. The number of benzene rings is 2. The van der Waals surface area contributed by atoms with Gasteiger partial charge in [0, 0.05) is 32.7 Å². The summed E-state index contributed by atoms with van der Waals surface area (Å²) in [6, 6.07) is 8.39. The maximum absolute atomic E-state index is 13.8. The summed E-state index contributed by atoms with van der Waals surface area (Å²) in [4.78, 5) is 6.15. The van der Waals surface area contributed by atoms with E-state index in [9.17, 15) is 13.2 Å². The highest BCUT2D eigenvalue weighted by atomic mass is 32.2. The van der Waals surface area contributed by atoms with Crippen molar-refractivity contribution in [2.75, 3.05) is 0 Å². The summed E-state index contributed by atoms with van der Waals surface area (Å²) in [6.45, 7) is 3.88. The number of pyridine rings is 1. The number of rotatable bonds is 4. The van der Waals surface area contributed by atoms with E-state index in [4.69, 9.17) is 0 Å². The van der Waals surface area contributed by atoms with Crippen LogP contribution in [0.15, 0.2) is 52.8 Å². The first-order valence-electron chi connectivity index (χ1n) is 7.95. The molecule has 126 valence electrons. The van der Waals surface area contributed by atoms with Gasteiger partial charge in [-0.3, -0.25) is 4.98 Å². The Bertz CT molecular complexity index is 979. The van der Waals surface area contributed by atoms with Gasteiger partial charge < -0.3 is 0 Å². The highest BCUT2D eigenvalue weighted by Gasteiger charge is 2.29. The lowest BCUT2D eigenvalue weighted by molar-refractivity contribution is 0.510. The molecular weight excluding hydrogens is 343 g/mol. The molecule has 0 radical (unpaired) electrons. The van der Waals surface area contributed by atoms with Crippen molar-refractivity contribution in [2.45, 2.75) is 28.6 Å². The minimum absolute atomic E-state index is 0.320. The standard InChI is InChI=1S/C20H14F3NS/c1-2-14-19(11-3-4-11)24-18-10-17(23)16(22)9-15(18)20(14)25-13-7-5-12(21)6-8-13/h2,5-11H,1,3-4H2. The van der Waals surface area contributed by atoms with Crippen molar-refractivity contribution in [3.63, 3.8) is 0 Å². The molecule has 4 rings (SSSR count). The number of hydrogen-bond donors (Lipinski definition) is 0. The van der Waals surface area contributed by atoms with Gasteiger partial charge in [-0.25, -0.2) is 13.2 Å². The SMILES string of the molecule is C=Cc1c(C2CC2)nc2cc(F)c(F)cc2c1Sc1ccc(F)cc1. The molecule has 1 fully saturated rings. The Morgan fingerprint density at radius 2 is 1.72 bits per heavy atom. The van der Waals surface area contributed by atoms with Gasteiger partial charge in [0.2, 0.25) is 0 Å². The van der Waals surface area contributed by atoms with Crippen molar-refractivity contribution in [3.05, 3.63) is 71.7 Å². The zero-order valence-corrected chi connectivity index (χ0v) is 14.0. The van der Waals surface area contributed by atoms with Gasteiger partial charge in [-0.2, -0.15) is 0 Å². The molecule has 1 heterocycles. The van der Waals surface area contributed by atoms with Crippen molar-refractivity contribution in [2.24, 2.45) is 0 Å². The molecule has 1 aliphatic carbocycles. The van der Waals surface area contributed by atoms with Crippen LogP contribution in [0.2, 0.25) is 0 Å². The molecule has 0 saturated heterocycles. The van der Waals surface area contributed by atoms with Gasteiger partial charge in [0.15, 0.2) is 11.6 Å². The lowest BCUT2D eigenvalue weighted by Crippen LogP contribution is -1.98. The maximum Gasteiger partial charge on any atom is 0.161 e. The summed E-state index contributed by atoms with van der Waals surface area (Å²) in [5, 5.41) is 0.535. The van der Waals surface area contributed by atoms with E-state index in [2.05, 4.69) is 11.6 Å². The van der Waals surface area contributed by atoms with Crippen LogP contribution < -0.4 is 0 Å². The Labute approximate surface area is 147 Å². The Kier molecular flexibility index (Phi) is 4.04. The number of hydrogen-bond acceptors (Lipinski definition) is 2. The quantitative estimate of drug-likeness (QED) is 0.541. The molecule has 25 heavy (non-hydrogen) atoms. The first-order valence-corrected chi connectivity index (χ1v) is 8.77. The first-order chi connectivity index (χ1) is 12.1. The van der Waals surface area contributed by atoms with E-state index >= 15 is 0 Å². The van der Waals surface area contributed by atoms with Gasteiger partial charge in [0.25, 0.3) is 0 Å². The Morgan fingerprint density at radius 3 is 2.36 bits per heavy atom. The fraction of sp³-hybridized carbons (Fsp3) is 0.150. The molecule has 0 atom stereocenters. The van der Waals surface area contributed by atoms with Crippen LogP contribution in [0.3, 0.4) is 0 Å². The van der Waals surface area contributed by atoms with E-state index in [0.717, 1.165) is 40.0 Å². The van der Waals surface area contributed by atoms with E-state index in [1.54, 1.807) is 18.2 Å². The molecule has 2 aromatic carbocycles. The predicted molar refractivity (Wildman–Crippen MR) is 94.2 cm³/mol. The fourth-order valence-electron chi connectivity index (χ4n) is 2.86. The molecule has 0 bridgehead atoms. The van der Waals surface area contributed by atoms with Gasteiger partial charge in [0.05, 0.1) is 11.2 Å². The van der Waals surface area contributed by atoms with Crippen LogP contribution in [0.4, 0.5) is 13.2 Å². The van der Waals surface area contributed by atoms with Gasteiger partial charge >= 0.3 is 0 Å². The lowest BCUT2D eigenvalue weighted by Gasteiger charge is -2.15. The predicted octanol–water partition coefficient (Wildman–Crippen LogP) is 6.32. The van der Waals surface area contributed by atoms with E-state index in [0.29, 0.717) is 16.8 Å². The average Bonchev–Trinajstić information content (AvgIpc) is 3.43. The largest absolute Gasteiger partial charge is 0.252 e. The van der Waals surface area contributed by atoms with Crippen LogP contribution in [0.1, 0.15) is 30.0 Å². The third-order valence-electron chi connectivity index (χ3n) is 4.25. The van der Waals surface area contributed by atoms with E-state index in [1.807, 2.05) is 0 Å². The van der Waals surface area contributed by atoms with E-state index in [-0.39, 0.29) is 5.82 Å². The molecule has 0 spiro atoms. The normalized spacial score (nSPS) is 14.0. The third kappa shape index (κ3) is 3.04. The van der Waals surface area contributed by atoms with Crippen LogP contribution in [0.5, 0.6) is 0 Å². The summed E-state index contributed by atoms with van der Waals surface area (Å²) < 4.78 is 40.7. The molecule has 0 amide bonds. The number of fused-ring (bicyclic) bond motifs is 1. The maximum atomic E-state index is 13.8. The van der Waals surface area contributed by atoms with Crippen LogP contribution in [0, 0.1) is 17.5 Å². The number of nitrogens with zero attached hydrogens (tertiary/aromatic N) is 1. The second kappa shape index (κ2) is 6.23. The third-order valence-corrected chi connectivity index (χ3v) is 5.40. The smallest absolute Gasteiger partial charge is 0.161 e. The number of halogens is 3. The zero-order chi connectivity index (χ0) is 17.6. The minimum Gasteiger partial charge on any atom is -0.252 e.